The zero-order chi connectivity index (χ0) is 33.3. The summed E-state index contributed by atoms with van der Waals surface area (Å²) in [6.45, 7) is 1.15. The molecule has 0 aliphatic carbocycles. The minimum atomic E-state index is -1.13. The summed E-state index contributed by atoms with van der Waals surface area (Å²) in [6, 6.07) is 36.6. The standard InChI is InChI=1S/C39H42N2O7/c1-44-39(43)32(40)21-30-22-41(33-20-12-11-19-31(30)33)38-35(42)37(47-25-29-17-9-4-10-18-29)36(46-24-28-15-7-3-8-16-28)34(48-38)26-45-23-27-13-5-2-6-14-27/h2-20,22,32,34-38,42H,21,23-26,40H2,1H3/t32-,34-,35+,36-,37-,38+/m1/s1. The Morgan fingerprint density at radius 3 is 1.94 bits per heavy atom. The van der Waals surface area contributed by atoms with Crippen molar-refractivity contribution in [1.82, 2.24) is 4.57 Å². The summed E-state index contributed by atoms with van der Waals surface area (Å²) in [6.07, 6.45) is -1.89. The number of hydrogen-bond acceptors (Lipinski definition) is 8. The number of hydrogen-bond donors (Lipinski definition) is 2. The lowest BCUT2D eigenvalue weighted by Gasteiger charge is -2.45. The largest absolute Gasteiger partial charge is 0.468 e. The molecule has 6 rings (SSSR count). The van der Waals surface area contributed by atoms with E-state index in [4.69, 9.17) is 29.4 Å². The average molecular weight is 651 g/mol. The number of carbonyl (C=O) groups is 1. The highest BCUT2D eigenvalue weighted by Gasteiger charge is 2.48. The first-order valence-electron chi connectivity index (χ1n) is 16.2. The van der Waals surface area contributed by atoms with Crippen LogP contribution in [0.2, 0.25) is 0 Å². The maximum atomic E-state index is 12.2. The number of nitrogens with two attached hydrogens (primary N) is 1. The zero-order valence-corrected chi connectivity index (χ0v) is 27.0. The first-order chi connectivity index (χ1) is 23.5. The van der Waals surface area contributed by atoms with Gasteiger partial charge in [0.15, 0.2) is 6.23 Å². The highest BCUT2D eigenvalue weighted by atomic mass is 16.6. The molecular formula is C39H42N2O7. The molecule has 4 aromatic carbocycles. The highest BCUT2D eigenvalue weighted by Crippen LogP contribution is 2.37. The number of methoxy groups -OCH3 is 1. The summed E-state index contributed by atoms with van der Waals surface area (Å²) in [4.78, 5) is 12.2. The van der Waals surface area contributed by atoms with Crippen LogP contribution in [0.1, 0.15) is 28.5 Å². The molecule has 2 heterocycles. The highest BCUT2D eigenvalue weighted by molar-refractivity contribution is 5.85. The number of para-hydroxylation sites is 1. The SMILES string of the molecule is COC(=O)[C@H](N)Cc1cn([C@H]2O[C@H](COCc3ccccc3)[C@@H](OCc3ccccc3)[C@H](OCc3ccccc3)[C@@H]2O)c2ccccc12. The maximum absolute atomic E-state index is 12.2. The molecule has 0 bridgehead atoms. The third kappa shape index (κ3) is 8.02. The fraction of sp³-hybridized carbons (Fsp3) is 0.308. The molecule has 1 fully saturated rings. The number of nitrogens with zero attached hydrogens (tertiary/aromatic N) is 1. The lowest BCUT2D eigenvalue weighted by molar-refractivity contribution is -0.278. The first-order valence-corrected chi connectivity index (χ1v) is 16.2. The van der Waals surface area contributed by atoms with E-state index in [1.807, 2.05) is 126 Å². The molecule has 1 aliphatic heterocycles. The van der Waals surface area contributed by atoms with Crippen LogP contribution in [-0.2, 0) is 54.7 Å². The Balaban J connectivity index is 1.34. The minimum Gasteiger partial charge on any atom is -0.468 e. The summed E-state index contributed by atoms with van der Waals surface area (Å²) < 4.78 is 32.9. The van der Waals surface area contributed by atoms with Gasteiger partial charge in [0, 0.05) is 18.0 Å². The molecule has 1 saturated heterocycles. The van der Waals surface area contributed by atoms with Crippen LogP contribution in [0.5, 0.6) is 0 Å². The molecular weight excluding hydrogens is 608 g/mol. The van der Waals surface area contributed by atoms with Crippen molar-refractivity contribution in [3.63, 3.8) is 0 Å². The van der Waals surface area contributed by atoms with Crippen molar-refractivity contribution < 1.29 is 33.6 Å². The van der Waals surface area contributed by atoms with Crippen molar-refractivity contribution in [2.45, 2.75) is 62.9 Å². The van der Waals surface area contributed by atoms with E-state index in [0.29, 0.717) is 13.2 Å². The van der Waals surface area contributed by atoms with Crippen LogP contribution in [0, 0.1) is 0 Å². The van der Waals surface area contributed by atoms with Crippen LogP contribution in [0.3, 0.4) is 0 Å². The molecule has 0 spiro atoms. The van der Waals surface area contributed by atoms with Crippen molar-refractivity contribution >= 4 is 16.9 Å². The second-order valence-corrected chi connectivity index (χ2v) is 12.0. The molecule has 0 amide bonds. The Bertz CT molecular complexity index is 1730. The van der Waals surface area contributed by atoms with Gasteiger partial charge in [0.2, 0.25) is 0 Å². The fourth-order valence-electron chi connectivity index (χ4n) is 6.19. The molecule has 1 aliphatic rings. The van der Waals surface area contributed by atoms with Crippen molar-refractivity contribution in [2.24, 2.45) is 5.73 Å². The molecule has 9 nitrogen and oxygen atoms in total. The lowest BCUT2D eigenvalue weighted by Crippen LogP contribution is -2.58. The summed E-state index contributed by atoms with van der Waals surface area (Å²) in [5.74, 6) is -0.496. The molecule has 3 N–H and O–H groups in total. The molecule has 6 atom stereocenters. The normalized spacial score (nSPS) is 21.6. The molecule has 0 radical (unpaired) electrons. The second-order valence-electron chi connectivity index (χ2n) is 12.0. The van der Waals surface area contributed by atoms with Crippen molar-refractivity contribution in [1.29, 1.82) is 0 Å². The van der Waals surface area contributed by atoms with Gasteiger partial charge >= 0.3 is 5.97 Å². The first kappa shape index (κ1) is 33.5. The molecule has 1 aromatic heterocycles. The Kier molecular flexibility index (Phi) is 11.3. The number of aliphatic hydroxyl groups is 1. The summed E-state index contributed by atoms with van der Waals surface area (Å²) in [5.41, 5.74) is 10.8. The number of aliphatic hydroxyl groups excluding tert-OH is 1. The van der Waals surface area contributed by atoms with Crippen LogP contribution in [0.4, 0.5) is 0 Å². The van der Waals surface area contributed by atoms with Gasteiger partial charge in [-0.2, -0.15) is 0 Å². The van der Waals surface area contributed by atoms with Crippen molar-refractivity contribution in [3.05, 3.63) is 144 Å². The van der Waals surface area contributed by atoms with E-state index in [1.165, 1.54) is 7.11 Å². The lowest BCUT2D eigenvalue weighted by atomic mass is 9.97. The van der Waals surface area contributed by atoms with Crippen LogP contribution < -0.4 is 5.73 Å². The third-order valence-corrected chi connectivity index (χ3v) is 8.64. The predicted octanol–water partition coefficient (Wildman–Crippen LogP) is 5.33. The number of benzene rings is 4. The Morgan fingerprint density at radius 2 is 1.33 bits per heavy atom. The second kappa shape index (κ2) is 16.2. The molecule has 9 heteroatoms. The molecule has 5 aromatic rings. The van der Waals surface area contributed by atoms with Gasteiger partial charge in [-0.05, 0) is 28.3 Å². The maximum Gasteiger partial charge on any atom is 0.322 e. The van der Waals surface area contributed by atoms with E-state index in [0.717, 1.165) is 33.2 Å². The number of aromatic nitrogens is 1. The van der Waals surface area contributed by atoms with E-state index < -0.39 is 42.7 Å². The Labute approximate surface area is 280 Å². The van der Waals surface area contributed by atoms with E-state index in [9.17, 15) is 9.90 Å². The van der Waals surface area contributed by atoms with Gasteiger partial charge in [-0.25, -0.2) is 0 Å². The van der Waals surface area contributed by atoms with Crippen LogP contribution in [0.15, 0.2) is 121 Å². The number of carbonyl (C=O) groups excluding carboxylic acids is 1. The summed E-state index contributed by atoms with van der Waals surface area (Å²) in [7, 11) is 1.32. The molecule has 48 heavy (non-hydrogen) atoms. The smallest absolute Gasteiger partial charge is 0.322 e. The molecule has 0 unspecified atom stereocenters. The number of rotatable bonds is 14. The fourth-order valence-corrected chi connectivity index (χ4v) is 6.19. The van der Waals surface area contributed by atoms with Crippen LogP contribution in [0.25, 0.3) is 10.9 Å². The van der Waals surface area contributed by atoms with Gasteiger partial charge in [-0.1, -0.05) is 109 Å². The minimum absolute atomic E-state index is 0.196. The number of esters is 1. The quantitative estimate of drug-likeness (QED) is 0.155. The van der Waals surface area contributed by atoms with Gasteiger partial charge in [0.05, 0.1) is 39.1 Å². The van der Waals surface area contributed by atoms with E-state index in [-0.39, 0.29) is 19.6 Å². The van der Waals surface area contributed by atoms with Gasteiger partial charge in [-0.3, -0.25) is 4.79 Å². The van der Waals surface area contributed by atoms with E-state index in [2.05, 4.69) is 0 Å². The van der Waals surface area contributed by atoms with Gasteiger partial charge in [0.25, 0.3) is 0 Å². The van der Waals surface area contributed by atoms with Gasteiger partial charge in [-0.15, -0.1) is 0 Å². The molecule has 250 valence electrons. The van der Waals surface area contributed by atoms with E-state index in [1.54, 1.807) is 0 Å². The number of ether oxygens (including phenoxy) is 5. The predicted molar refractivity (Wildman–Crippen MR) is 182 cm³/mol. The van der Waals surface area contributed by atoms with Crippen molar-refractivity contribution in [2.75, 3.05) is 13.7 Å². The summed E-state index contributed by atoms with van der Waals surface area (Å²) >= 11 is 0. The third-order valence-electron chi connectivity index (χ3n) is 8.64. The monoisotopic (exact) mass is 650 g/mol. The van der Waals surface area contributed by atoms with Gasteiger partial charge < -0.3 is 39.1 Å². The number of fused-ring (bicyclic) bond motifs is 1. The van der Waals surface area contributed by atoms with Gasteiger partial charge in [0.1, 0.15) is 30.5 Å². The topological polar surface area (TPSA) is 114 Å². The summed E-state index contributed by atoms with van der Waals surface area (Å²) in [5, 5.41) is 13.0. The van der Waals surface area contributed by atoms with Crippen LogP contribution in [-0.4, -0.2) is 59.8 Å². The Morgan fingerprint density at radius 1 is 0.792 bits per heavy atom. The van der Waals surface area contributed by atoms with E-state index >= 15 is 0 Å². The zero-order valence-electron chi connectivity index (χ0n) is 27.0. The average Bonchev–Trinajstić information content (AvgIpc) is 3.49. The van der Waals surface area contributed by atoms with Crippen molar-refractivity contribution in [3.8, 4) is 0 Å². The van der Waals surface area contributed by atoms with Crippen LogP contribution >= 0.6 is 0 Å². The Hall–Kier alpha value is -4.35. The molecule has 0 saturated carbocycles.